The molecule has 0 saturated carbocycles. The summed E-state index contributed by atoms with van der Waals surface area (Å²) in [5.41, 5.74) is 7.33. The molecule has 2 heterocycles. The third kappa shape index (κ3) is 3.50. The maximum atomic E-state index is 13.2. The highest BCUT2D eigenvalue weighted by Gasteiger charge is 2.22. The number of hydrogen-bond donors (Lipinski definition) is 1. The molecule has 1 aromatic carbocycles. The zero-order chi connectivity index (χ0) is 15.5. The van der Waals surface area contributed by atoms with Crippen LogP contribution in [0.3, 0.4) is 0 Å². The highest BCUT2D eigenvalue weighted by Crippen LogP contribution is 2.30. The van der Waals surface area contributed by atoms with Crippen molar-refractivity contribution in [2.24, 2.45) is 5.92 Å². The van der Waals surface area contributed by atoms with Gasteiger partial charge in [-0.2, -0.15) is 0 Å². The Morgan fingerprint density at radius 2 is 2.05 bits per heavy atom. The SMILES string of the molecule is Nc1cnc(N2CCC(Cc3cccc(F)c3)CC2)c(Cl)c1. The first-order valence-electron chi connectivity index (χ1n) is 7.52. The van der Waals surface area contributed by atoms with Crippen LogP contribution in [0.5, 0.6) is 0 Å². The fraction of sp³-hybridized carbons (Fsp3) is 0.353. The third-order valence-corrected chi connectivity index (χ3v) is 4.45. The fourth-order valence-electron chi connectivity index (χ4n) is 3.02. The molecule has 1 aliphatic heterocycles. The van der Waals surface area contributed by atoms with Gasteiger partial charge in [-0.3, -0.25) is 0 Å². The van der Waals surface area contributed by atoms with E-state index in [1.807, 2.05) is 6.07 Å². The fourth-order valence-corrected chi connectivity index (χ4v) is 3.32. The Kier molecular flexibility index (Phi) is 4.48. The van der Waals surface area contributed by atoms with Gasteiger partial charge in [0.25, 0.3) is 0 Å². The zero-order valence-corrected chi connectivity index (χ0v) is 13.1. The third-order valence-electron chi connectivity index (χ3n) is 4.17. The van der Waals surface area contributed by atoms with E-state index in [4.69, 9.17) is 17.3 Å². The van der Waals surface area contributed by atoms with Crippen molar-refractivity contribution in [3.8, 4) is 0 Å². The van der Waals surface area contributed by atoms with E-state index in [2.05, 4.69) is 9.88 Å². The van der Waals surface area contributed by atoms with Gasteiger partial charge < -0.3 is 10.6 Å². The molecule has 3 rings (SSSR count). The van der Waals surface area contributed by atoms with E-state index in [9.17, 15) is 4.39 Å². The van der Waals surface area contributed by atoms with E-state index < -0.39 is 0 Å². The van der Waals surface area contributed by atoms with Crippen LogP contribution in [0, 0.1) is 11.7 Å². The highest BCUT2D eigenvalue weighted by molar-refractivity contribution is 6.33. The standard InChI is InChI=1S/C17H19ClFN3/c18-16-10-15(20)11-21-17(16)22-6-4-12(5-7-22)8-13-2-1-3-14(19)9-13/h1-3,9-12H,4-8,20H2. The molecule has 0 aliphatic carbocycles. The van der Waals surface area contributed by atoms with Crippen LogP contribution in [-0.4, -0.2) is 18.1 Å². The summed E-state index contributed by atoms with van der Waals surface area (Å²) >= 11 is 6.22. The van der Waals surface area contributed by atoms with Crippen molar-refractivity contribution in [1.29, 1.82) is 0 Å². The largest absolute Gasteiger partial charge is 0.397 e. The first kappa shape index (κ1) is 15.1. The highest BCUT2D eigenvalue weighted by atomic mass is 35.5. The molecule has 116 valence electrons. The second-order valence-electron chi connectivity index (χ2n) is 5.84. The van der Waals surface area contributed by atoms with E-state index >= 15 is 0 Å². The van der Waals surface area contributed by atoms with Gasteiger partial charge in [0.1, 0.15) is 11.6 Å². The zero-order valence-electron chi connectivity index (χ0n) is 12.3. The van der Waals surface area contributed by atoms with Crippen LogP contribution in [0.1, 0.15) is 18.4 Å². The normalized spacial score (nSPS) is 16.0. The molecule has 2 N–H and O–H groups in total. The number of benzene rings is 1. The van der Waals surface area contributed by atoms with Crippen LogP contribution in [-0.2, 0) is 6.42 Å². The van der Waals surface area contributed by atoms with E-state index in [1.165, 1.54) is 6.07 Å². The van der Waals surface area contributed by atoms with Crippen LogP contribution in [0.15, 0.2) is 36.5 Å². The monoisotopic (exact) mass is 319 g/mol. The molecule has 2 aromatic rings. The van der Waals surface area contributed by atoms with Crippen LogP contribution in [0.4, 0.5) is 15.9 Å². The van der Waals surface area contributed by atoms with Gasteiger partial charge in [0.05, 0.1) is 16.9 Å². The minimum Gasteiger partial charge on any atom is -0.397 e. The Hall–Kier alpha value is -1.81. The van der Waals surface area contributed by atoms with Crippen LogP contribution < -0.4 is 10.6 Å². The molecule has 5 heteroatoms. The Bertz CT molecular complexity index is 654. The van der Waals surface area contributed by atoms with E-state index in [0.29, 0.717) is 16.6 Å². The molecule has 22 heavy (non-hydrogen) atoms. The molecular formula is C17H19ClFN3. The summed E-state index contributed by atoms with van der Waals surface area (Å²) in [4.78, 5) is 6.54. The number of piperidine rings is 1. The van der Waals surface area contributed by atoms with Crippen molar-refractivity contribution in [2.75, 3.05) is 23.7 Å². The van der Waals surface area contributed by atoms with Crippen molar-refractivity contribution in [2.45, 2.75) is 19.3 Å². The number of hydrogen-bond acceptors (Lipinski definition) is 3. The maximum absolute atomic E-state index is 13.2. The lowest BCUT2D eigenvalue weighted by Crippen LogP contribution is -2.35. The molecule has 0 atom stereocenters. The number of aromatic nitrogens is 1. The molecular weight excluding hydrogens is 301 g/mol. The van der Waals surface area contributed by atoms with Gasteiger partial charge in [-0.25, -0.2) is 9.37 Å². The second-order valence-corrected chi connectivity index (χ2v) is 6.25. The van der Waals surface area contributed by atoms with Gasteiger partial charge in [0, 0.05) is 13.1 Å². The topological polar surface area (TPSA) is 42.1 Å². The summed E-state index contributed by atoms with van der Waals surface area (Å²) in [6, 6.07) is 8.63. The lowest BCUT2D eigenvalue weighted by Gasteiger charge is -2.33. The smallest absolute Gasteiger partial charge is 0.147 e. The van der Waals surface area contributed by atoms with Crippen molar-refractivity contribution in [3.63, 3.8) is 0 Å². The van der Waals surface area contributed by atoms with Crippen molar-refractivity contribution < 1.29 is 4.39 Å². The Labute approximate surface area is 134 Å². The number of nitrogen functional groups attached to an aromatic ring is 1. The van der Waals surface area contributed by atoms with Gasteiger partial charge >= 0.3 is 0 Å². The van der Waals surface area contributed by atoms with Gasteiger partial charge in [0.2, 0.25) is 0 Å². The van der Waals surface area contributed by atoms with Crippen molar-refractivity contribution in [1.82, 2.24) is 4.98 Å². The van der Waals surface area contributed by atoms with Gasteiger partial charge in [-0.05, 0) is 48.9 Å². The molecule has 1 saturated heterocycles. The molecule has 1 aromatic heterocycles. The second kappa shape index (κ2) is 6.53. The molecule has 0 radical (unpaired) electrons. The minimum absolute atomic E-state index is 0.159. The quantitative estimate of drug-likeness (QED) is 0.932. The predicted octanol–water partition coefficient (Wildman–Crippen LogP) is 3.92. The number of nitrogens with two attached hydrogens (primary N) is 1. The number of anilines is 2. The van der Waals surface area contributed by atoms with E-state index in [0.717, 1.165) is 43.7 Å². The molecule has 0 amide bonds. The number of nitrogens with zero attached hydrogens (tertiary/aromatic N) is 2. The number of rotatable bonds is 3. The summed E-state index contributed by atoms with van der Waals surface area (Å²) in [6.07, 6.45) is 4.67. The lowest BCUT2D eigenvalue weighted by molar-refractivity contribution is 0.402. The van der Waals surface area contributed by atoms with Crippen molar-refractivity contribution in [3.05, 3.63) is 52.9 Å². The van der Waals surface area contributed by atoms with Crippen LogP contribution >= 0.6 is 11.6 Å². The lowest BCUT2D eigenvalue weighted by atomic mass is 9.90. The Morgan fingerprint density at radius 3 is 2.73 bits per heavy atom. The molecule has 0 bridgehead atoms. The van der Waals surface area contributed by atoms with Crippen LogP contribution in [0.2, 0.25) is 5.02 Å². The predicted molar refractivity (Wildman–Crippen MR) is 88.7 cm³/mol. The Balaban J connectivity index is 1.60. The summed E-state index contributed by atoms with van der Waals surface area (Å²) in [5.74, 6) is 1.22. The first-order chi connectivity index (χ1) is 10.6. The minimum atomic E-state index is -0.159. The van der Waals surface area contributed by atoms with Gasteiger partial charge in [-0.1, -0.05) is 23.7 Å². The van der Waals surface area contributed by atoms with Crippen LogP contribution in [0.25, 0.3) is 0 Å². The molecule has 0 spiro atoms. The number of halogens is 2. The average molecular weight is 320 g/mol. The van der Waals surface area contributed by atoms with E-state index in [-0.39, 0.29) is 5.82 Å². The first-order valence-corrected chi connectivity index (χ1v) is 7.90. The maximum Gasteiger partial charge on any atom is 0.147 e. The van der Waals surface area contributed by atoms with Crippen molar-refractivity contribution >= 4 is 23.1 Å². The summed E-state index contributed by atoms with van der Waals surface area (Å²) in [5, 5.41) is 0.601. The molecule has 1 fully saturated rings. The average Bonchev–Trinajstić information content (AvgIpc) is 2.48. The Morgan fingerprint density at radius 1 is 1.27 bits per heavy atom. The summed E-state index contributed by atoms with van der Waals surface area (Å²) in [6.45, 7) is 1.83. The van der Waals surface area contributed by atoms with E-state index in [1.54, 1.807) is 24.4 Å². The number of pyridine rings is 1. The summed E-state index contributed by atoms with van der Waals surface area (Å²) in [7, 11) is 0. The molecule has 1 aliphatic rings. The summed E-state index contributed by atoms with van der Waals surface area (Å²) < 4.78 is 13.2. The van der Waals surface area contributed by atoms with Gasteiger partial charge in [-0.15, -0.1) is 0 Å². The van der Waals surface area contributed by atoms with Gasteiger partial charge in [0.15, 0.2) is 0 Å². The molecule has 3 nitrogen and oxygen atoms in total. The molecule has 0 unspecified atom stereocenters.